The summed E-state index contributed by atoms with van der Waals surface area (Å²) in [7, 11) is 0. The molecule has 2 aromatic rings. The quantitative estimate of drug-likeness (QED) is 0.812. The number of carbonyl (C=O) groups is 1. The third-order valence-electron chi connectivity index (χ3n) is 3.98. The Morgan fingerprint density at radius 1 is 1.19 bits per heavy atom. The van der Waals surface area contributed by atoms with Crippen molar-refractivity contribution in [3.05, 3.63) is 69.7 Å². The van der Waals surface area contributed by atoms with Gasteiger partial charge in [0.05, 0.1) is 0 Å². The van der Waals surface area contributed by atoms with Gasteiger partial charge in [-0.3, -0.25) is 4.79 Å². The number of nitrogens with zero attached hydrogens (tertiary/aromatic N) is 1. The lowest BCUT2D eigenvalue weighted by Gasteiger charge is -2.21. The van der Waals surface area contributed by atoms with E-state index in [1.807, 2.05) is 48.2 Å². The maximum Gasteiger partial charge on any atom is 0.254 e. The molecule has 1 heterocycles. The second kappa shape index (κ2) is 5.90. The lowest BCUT2D eigenvalue weighted by molar-refractivity contribution is 0.0749. The van der Waals surface area contributed by atoms with Crippen LogP contribution < -0.4 is 0 Å². The van der Waals surface area contributed by atoms with Crippen LogP contribution in [0.2, 0.25) is 5.02 Å². The van der Waals surface area contributed by atoms with Gasteiger partial charge >= 0.3 is 0 Å². The first-order valence-corrected chi connectivity index (χ1v) is 7.65. The smallest absolute Gasteiger partial charge is 0.254 e. The zero-order valence-electron chi connectivity index (χ0n) is 12.1. The molecular formula is C18H18ClNO. The first kappa shape index (κ1) is 14.2. The van der Waals surface area contributed by atoms with E-state index in [1.54, 1.807) is 0 Å². The van der Waals surface area contributed by atoms with Crippen molar-refractivity contribution in [2.24, 2.45) is 0 Å². The molecule has 0 aromatic heterocycles. The molecule has 0 radical (unpaired) electrons. The van der Waals surface area contributed by atoms with Crippen molar-refractivity contribution < 1.29 is 4.79 Å². The summed E-state index contributed by atoms with van der Waals surface area (Å²) in [5.74, 6) is 0.111. The summed E-state index contributed by atoms with van der Waals surface area (Å²) >= 11 is 6.30. The fraction of sp³-hybridized carbons (Fsp3) is 0.278. The van der Waals surface area contributed by atoms with Crippen LogP contribution in [0.4, 0.5) is 0 Å². The highest BCUT2D eigenvalue weighted by Gasteiger charge is 2.22. The lowest BCUT2D eigenvalue weighted by Crippen LogP contribution is -2.30. The average Bonchev–Trinajstić information content (AvgIpc) is 2.63. The number of hydrogen-bond acceptors (Lipinski definition) is 1. The predicted octanol–water partition coefficient (Wildman–Crippen LogP) is 4.24. The number of carbonyl (C=O) groups excluding carboxylic acids is 1. The molecule has 3 heteroatoms. The van der Waals surface area contributed by atoms with Crippen LogP contribution in [0.3, 0.4) is 0 Å². The van der Waals surface area contributed by atoms with E-state index < -0.39 is 0 Å². The van der Waals surface area contributed by atoms with E-state index in [-0.39, 0.29) is 5.91 Å². The van der Waals surface area contributed by atoms with Gasteiger partial charge in [0, 0.05) is 23.7 Å². The molecule has 0 bridgehead atoms. The number of hydrogen-bond donors (Lipinski definition) is 0. The molecule has 0 saturated heterocycles. The molecule has 108 valence electrons. The van der Waals surface area contributed by atoms with Crippen LogP contribution in [0.5, 0.6) is 0 Å². The minimum absolute atomic E-state index is 0.111. The molecule has 0 spiro atoms. The van der Waals surface area contributed by atoms with Crippen molar-refractivity contribution in [2.45, 2.75) is 26.3 Å². The van der Waals surface area contributed by atoms with Gasteiger partial charge in [0.1, 0.15) is 0 Å². The number of fused-ring (bicyclic) bond motifs is 1. The van der Waals surface area contributed by atoms with Gasteiger partial charge in [-0.1, -0.05) is 41.9 Å². The topological polar surface area (TPSA) is 20.3 Å². The van der Waals surface area contributed by atoms with Gasteiger partial charge in [-0.15, -0.1) is 0 Å². The summed E-state index contributed by atoms with van der Waals surface area (Å²) in [6.45, 7) is 3.37. The van der Waals surface area contributed by atoms with Crippen molar-refractivity contribution in [1.29, 1.82) is 0 Å². The Balaban J connectivity index is 1.87. The van der Waals surface area contributed by atoms with E-state index in [1.165, 1.54) is 0 Å². The van der Waals surface area contributed by atoms with Crippen LogP contribution in [0, 0.1) is 6.92 Å². The Hall–Kier alpha value is -1.80. The maximum absolute atomic E-state index is 12.7. The normalized spacial score (nSPS) is 14.8. The van der Waals surface area contributed by atoms with E-state index in [9.17, 15) is 4.79 Å². The highest BCUT2D eigenvalue weighted by Crippen LogP contribution is 2.23. The third kappa shape index (κ3) is 2.96. The SMILES string of the molecule is Cc1ccc(CN2CCCc3ccccc3C2=O)c(Cl)c1. The summed E-state index contributed by atoms with van der Waals surface area (Å²) in [5, 5.41) is 0.736. The van der Waals surface area contributed by atoms with Crippen molar-refractivity contribution in [1.82, 2.24) is 4.90 Å². The fourth-order valence-corrected chi connectivity index (χ4v) is 3.11. The van der Waals surface area contributed by atoms with Gasteiger partial charge in [-0.05, 0) is 48.6 Å². The number of rotatable bonds is 2. The molecule has 2 aromatic carbocycles. The van der Waals surface area contributed by atoms with E-state index >= 15 is 0 Å². The Morgan fingerprint density at radius 3 is 2.81 bits per heavy atom. The molecule has 3 rings (SSSR count). The summed E-state index contributed by atoms with van der Waals surface area (Å²) in [6, 6.07) is 13.9. The summed E-state index contributed by atoms with van der Waals surface area (Å²) in [6.07, 6.45) is 1.95. The molecule has 0 saturated carbocycles. The number of benzene rings is 2. The Bertz CT molecular complexity index is 681. The van der Waals surface area contributed by atoms with Gasteiger partial charge in [0.15, 0.2) is 0 Å². The third-order valence-corrected chi connectivity index (χ3v) is 4.33. The molecule has 0 atom stereocenters. The van der Waals surface area contributed by atoms with E-state index in [4.69, 9.17) is 11.6 Å². The van der Waals surface area contributed by atoms with Crippen molar-refractivity contribution in [3.8, 4) is 0 Å². The van der Waals surface area contributed by atoms with Crippen molar-refractivity contribution in [3.63, 3.8) is 0 Å². The minimum Gasteiger partial charge on any atom is -0.334 e. The van der Waals surface area contributed by atoms with E-state index in [0.29, 0.717) is 6.54 Å². The minimum atomic E-state index is 0.111. The van der Waals surface area contributed by atoms with E-state index in [2.05, 4.69) is 6.07 Å². The van der Waals surface area contributed by atoms with Crippen LogP contribution in [0.15, 0.2) is 42.5 Å². The van der Waals surface area contributed by atoms with Crippen molar-refractivity contribution in [2.75, 3.05) is 6.54 Å². The molecule has 1 aliphatic heterocycles. The van der Waals surface area contributed by atoms with Crippen LogP contribution in [-0.2, 0) is 13.0 Å². The molecule has 0 N–H and O–H groups in total. The summed E-state index contributed by atoms with van der Waals surface area (Å²) < 4.78 is 0. The lowest BCUT2D eigenvalue weighted by atomic mass is 10.0. The zero-order valence-corrected chi connectivity index (χ0v) is 12.9. The van der Waals surface area contributed by atoms with Gasteiger partial charge < -0.3 is 4.90 Å². The molecule has 1 amide bonds. The van der Waals surface area contributed by atoms with Gasteiger partial charge in [-0.2, -0.15) is 0 Å². The summed E-state index contributed by atoms with van der Waals surface area (Å²) in [4.78, 5) is 14.6. The molecule has 21 heavy (non-hydrogen) atoms. The fourth-order valence-electron chi connectivity index (χ4n) is 2.82. The number of halogens is 1. The largest absolute Gasteiger partial charge is 0.334 e. The second-order valence-corrected chi connectivity index (χ2v) is 5.99. The maximum atomic E-state index is 12.7. The van der Waals surface area contributed by atoms with Crippen LogP contribution in [0.1, 0.15) is 33.5 Å². The Morgan fingerprint density at radius 2 is 2.00 bits per heavy atom. The van der Waals surface area contributed by atoms with Crippen molar-refractivity contribution >= 4 is 17.5 Å². The first-order valence-electron chi connectivity index (χ1n) is 7.27. The monoisotopic (exact) mass is 299 g/mol. The molecule has 2 nitrogen and oxygen atoms in total. The Kier molecular flexibility index (Phi) is 3.98. The van der Waals surface area contributed by atoms with Crippen LogP contribution in [0.25, 0.3) is 0 Å². The average molecular weight is 300 g/mol. The highest BCUT2D eigenvalue weighted by molar-refractivity contribution is 6.31. The number of amides is 1. The Labute approximate surface area is 130 Å². The molecule has 0 aliphatic carbocycles. The van der Waals surface area contributed by atoms with Gasteiger partial charge in [0.25, 0.3) is 5.91 Å². The first-order chi connectivity index (χ1) is 10.1. The molecule has 0 fully saturated rings. The second-order valence-electron chi connectivity index (χ2n) is 5.58. The molecule has 0 unspecified atom stereocenters. The highest BCUT2D eigenvalue weighted by atomic mass is 35.5. The number of aryl methyl sites for hydroxylation is 2. The summed E-state index contributed by atoms with van der Waals surface area (Å²) in [5.41, 5.74) is 4.13. The zero-order chi connectivity index (χ0) is 14.8. The molecular weight excluding hydrogens is 282 g/mol. The van der Waals surface area contributed by atoms with Gasteiger partial charge in [-0.25, -0.2) is 0 Å². The predicted molar refractivity (Wildman–Crippen MR) is 85.7 cm³/mol. The van der Waals surface area contributed by atoms with Gasteiger partial charge in [0.2, 0.25) is 0 Å². The van der Waals surface area contributed by atoms with Crippen LogP contribution >= 0.6 is 11.6 Å². The standard InChI is InChI=1S/C18H18ClNO/c1-13-8-9-15(17(19)11-13)12-20-10-4-6-14-5-2-3-7-16(14)18(20)21/h2-3,5,7-9,11H,4,6,10,12H2,1H3. The van der Waals surface area contributed by atoms with Crippen LogP contribution in [-0.4, -0.2) is 17.4 Å². The molecule has 1 aliphatic rings. The van der Waals surface area contributed by atoms with E-state index in [0.717, 1.165) is 46.7 Å².